The maximum Gasteiger partial charge on any atom is 0.258 e. The molecule has 0 fully saturated rings. The van der Waals surface area contributed by atoms with E-state index in [1.165, 1.54) is 22.9 Å². The minimum absolute atomic E-state index is 0.281. The van der Waals surface area contributed by atoms with Crippen molar-refractivity contribution in [3.05, 3.63) is 127 Å². The van der Waals surface area contributed by atoms with Gasteiger partial charge in [0.1, 0.15) is 11.5 Å². The highest BCUT2D eigenvalue weighted by Gasteiger charge is 2.24. The van der Waals surface area contributed by atoms with Crippen LogP contribution in [-0.2, 0) is 9.59 Å². The molecule has 1 aliphatic rings. The molecule has 0 atom stereocenters. The highest BCUT2D eigenvalue weighted by atomic mass is 16.5. The van der Waals surface area contributed by atoms with Crippen molar-refractivity contribution in [3.63, 3.8) is 0 Å². The molecule has 164 valence electrons. The smallest absolute Gasteiger partial charge is 0.258 e. The molecule has 0 bridgehead atoms. The summed E-state index contributed by atoms with van der Waals surface area (Å²) >= 11 is 0. The van der Waals surface area contributed by atoms with Crippen molar-refractivity contribution >= 4 is 39.0 Å². The topological polar surface area (TPSA) is 46.6 Å². The van der Waals surface area contributed by atoms with Crippen LogP contribution in [0.1, 0.15) is 0 Å². The van der Waals surface area contributed by atoms with E-state index in [4.69, 9.17) is 4.74 Å². The van der Waals surface area contributed by atoms with Gasteiger partial charge in [0.25, 0.3) is 11.8 Å². The number of para-hydroxylation sites is 1. The van der Waals surface area contributed by atoms with Crippen LogP contribution >= 0.6 is 0 Å². The lowest BCUT2D eigenvalue weighted by Crippen LogP contribution is -2.29. The lowest BCUT2D eigenvalue weighted by atomic mass is 10.1. The number of fused-ring (bicyclic) bond motifs is 2. The van der Waals surface area contributed by atoms with Crippen LogP contribution < -0.4 is 9.64 Å². The second-order valence-electron chi connectivity index (χ2n) is 7.74. The molecule has 1 heterocycles. The number of imide groups is 1. The fourth-order valence-electron chi connectivity index (χ4n) is 3.92. The van der Waals surface area contributed by atoms with Crippen LogP contribution in [0.25, 0.3) is 21.5 Å². The van der Waals surface area contributed by atoms with Crippen LogP contribution in [0, 0.1) is 0 Å². The molecule has 0 saturated carbocycles. The van der Waals surface area contributed by atoms with Crippen molar-refractivity contribution in [1.82, 2.24) is 0 Å². The van der Waals surface area contributed by atoms with Crippen LogP contribution in [0.2, 0.25) is 0 Å². The van der Waals surface area contributed by atoms with Gasteiger partial charge in [-0.1, -0.05) is 91.0 Å². The molecule has 2 amide bonds. The summed E-state index contributed by atoms with van der Waals surface area (Å²) in [5.74, 6) is 1.22. The first kappa shape index (κ1) is 21.2. The average molecular weight is 444 g/mol. The minimum atomic E-state index is -0.281. The Balaban J connectivity index is 0.000000159. The fourth-order valence-corrected chi connectivity index (χ4v) is 3.92. The second kappa shape index (κ2) is 9.43. The molecule has 0 N–H and O–H groups in total. The maximum absolute atomic E-state index is 11.2. The van der Waals surface area contributed by atoms with E-state index in [1.807, 2.05) is 54.6 Å². The molecule has 34 heavy (non-hydrogen) atoms. The summed E-state index contributed by atoms with van der Waals surface area (Å²) in [6, 6.07) is 37.7. The maximum atomic E-state index is 11.2. The van der Waals surface area contributed by atoms with Gasteiger partial charge in [-0.05, 0) is 35.0 Å². The van der Waals surface area contributed by atoms with Gasteiger partial charge in [-0.15, -0.1) is 0 Å². The average Bonchev–Trinajstić information content (AvgIpc) is 3.23. The van der Waals surface area contributed by atoms with E-state index in [-0.39, 0.29) is 11.8 Å². The first-order chi connectivity index (χ1) is 16.7. The lowest BCUT2D eigenvalue weighted by molar-refractivity contribution is -0.119. The van der Waals surface area contributed by atoms with E-state index < -0.39 is 0 Å². The molecule has 0 aromatic heterocycles. The number of hydrogen-bond acceptors (Lipinski definition) is 3. The predicted octanol–water partition coefficient (Wildman–Crippen LogP) is 6.90. The molecular formula is C30H21NO3. The first-order valence-corrected chi connectivity index (χ1v) is 11.0. The van der Waals surface area contributed by atoms with E-state index >= 15 is 0 Å². The van der Waals surface area contributed by atoms with Gasteiger partial charge in [0, 0.05) is 22.9 Å². The molecule has 4 nitrogen and oxygen atoms in total. The van der Waals surface area contributed by atoms with Gasteiger partial charge in [0.2, 0.25) is 0 Å². The number of rotatable bonds is 3. The molecule has 0 spiro atoms. The van der Waals surface area contributed by atoms with Gasteiger partial charge >= 0.3 is 0 Å². The largest absolute Gasteiger partial charge is 0.456 e. The number of anilines is 1. The predicted molar refractivity (Wildman–Crippen MR) is 136 cm³/mol. The third kappa shape index (κ3) is 4.30. The Hall–Kier alpha value is -4.70. The zero-order valence-electron chi connectivity index (χ0n) is 18.3. The Labute approximate surface area is 197 Å². The second-order valence-corrected chi connectivity index (χ2v) is 7.74. The molecule has 4 heteroatoms. The van der Waals surface area contributed by atoms with Crippen molar-refractivity contribution in [2.24, 2.45) is 0 Å². The molecular weight excluding hydrogens is 422 g/mol. The Morgan fingerprint density at radius 3 is 1.44 bits per heavy atom. The third-order valence-electron chi connectivity index (χ3n) is 5.54. The summed E-state index contributed by atoms with van der Waals surface area (Å²) in [5, 5.41) is 4.64. The highest BCUT2D eigenvalue weighted by Crippen LogP contribution is 2.33. The molecule has 0 radical (unpaired) electrons. The summed E-state index contributed by atoms with van der Waals surface area (Å²) in [4.78, 5) is 23.5. The Morgan fingerprint density at radius 2 is 0.912 bits per heavy atom. The van der Waals surface area contributed by atoms with Crippen molar-refractivity contribution in [3.8, 4) is 11.5 Å². The van der Waals surface area contributed by atoms with Crippen molar-refractivity contribution in [2.75, 3.05) is 4.90 Å². The Kier molecular flexibility index (Phi) is 5.87. The number of hydrogen-bond donors (Lipinski definition) is 0. The molecule has 0 aliphatic carbocycles. The summed E-state index contributed by atoms with van der Waals surface area (Å²) in [6.45, 7) is 0. The number of carbonyl (C=O) groups is 2. The number of benzene rings is 5. The number of nitrogens with zero attached hydrogens (tertiary/aromatic N) is 1. The van der Waals surface area contributed by atoms with Gasteiger partial charge in [-0.25, -0.2) is 4.90 Å². The molecule has 1 aliphatic heterocycles. The normalized spacial score (nSPS) is 12.6. The van der Waals surface area contributed by atoms with Gasteiger partial charge in [-0.3, -0.25) is 9.59 Å². The summed E-state index contributed by atoms with van der Waals surface area (Å²) in [5.41, 5.74) is 0.613. The Morgan fingerprint density at radius 1 is 0.471 bits per heavy atom. The van der Waals surface area contributed by atoms with E-state index in [2.05, 4.69) is 36.4 Å². The number of amides is 2. The molecule has 5 aromatic carbocycles. The molecule has 0 unspecified atom stereocenters. The van der Waals surface area contributed by atoms with Gasteiger partial charge in [0.15, 0.2) is 0 Å². The Bertz CT molecular complexity index is 1420. The van der Waals surface area contributed by atoms with Crippen molar-refractivity contribution in [2.45, 2.75) is 0 Å². The monoisotopic (exact) mass is 443 g/mol. The van der Waals surface area contributed by atoms with E-state index in [9.17, 15) is 9.59 Å². The number of carbonyl (C=O) groups excluding carboxylic acids is 2. The van der Waals surface area contributed by atoms with Crippen LogP contribution in [0.5, 0.6) is 11.5 Å². The summed E-state index contributed by atoms with van der Waals surface area (Å²) in [6.07, 6.45) is 2.55. The molecule has 5 aromatic rings. The van der Waals surface area contributed by atoms with Crippen LogP contribution in [-0.4, -0.2) is 11.8 Å². The number of ether oxygens (including phenoxy) is 1. The lowest BCUT2D eigenvalue weighted by Gasteiger charge is -2.12. The standard InChI is InChI=1S/C20H14O.C10H7NO2/c1-3-11-17-15(7-1)9-5-13-19(17)21-20-14-6-10-16-8-2-4-12-18(16)20;12-9-6-7-10(13)11(9)8-4-2-1-3-5-8/h1-14H;1-7H. The molecule has 0 saturated heterocycles. The third-order valence-corrected chi connectivity index (χ3v) is 5.54. The van der Waals surface area contributed by atoms with Crippen LogP contribution in [0.4, 0.5) is 5.69 Å². The minimum Gasteiger partial charge on any atom is -0.456 e. The van der Waals surface area contributed by atoms with Gasteiger partial charge < -0.3 is 4.74 Å². The SMILES string of the molecule is O=C1C=CC(=O)N1c1ccccc1.c1ccc2c(Oc3cccc4ccccc34)cccc2c1. The quantitative estimate of drug-likeness (QED) is 0.285. The van der Waals surface area contributed by atoms with Crippen molar-refractivity contribution < 1.29 is 14.3 Å². The summed E-state index contributed by atoms with van der Waals surface area (Å²) < 4.78 is 6.20. The van der Waals surface area contributed by atoms with Gasteiger partial charge in [-0.2, -0.15) is 0 Å². The zero-order chi connectivity index (χ0) is 23.3. The zero-order valence-corrected chi connectivity index (χ0v) is 18.3. The van der Waals surface area contributed by atoms with Crippen molar-refractivity contribution in [1.29, 1.82) is 0 Å². The fraction of sp³-hybridized carbons (Fsp3) is 0. The van der Waals surface area contributed by atoms with E-state index in [0.29, 0.717) is 5.69 Å². The highest BCUT2D eigenvalue weighted by molar-refractivity contribution is 6.28. The van der Waals surface area contributed by atoms with Gasteiger partial charge in [0.05, 0.1) is 5.69 Å². The summed E-state index contributed by atoms with van der Waals surface area (Å²) in [7, 11) is 0. The molecule has 6 rings (SSSR count). The van der Waals surface area contributed by atoms with Crippen LogP contribution in [0.3, 0.4) is 0 Å². The van der Waals surface area contributed by atoms with Crippen LogP contribution in [0.15, 0.2) is 127 Å². The van der Waals surface area contributed by atoms with E-state index in [0.717, 1.165) is 27.2 Å². The van der Waals surface area contributed by atoms with E-state index in [1.54, 1.807) is 24.3 Å². The first-order valence-electron chi connectivity index (χ1n) is 11.0.